The van der Waals surface area contributed by atoms with Gasteiger partial charge in [-0.05, 0) is 46.2 Å². The number of nitrogens with one attached hydrogen (secondary N) is 2. The molecule has 6 heteroatoms. The van der Waals surface area contributed by atoms with Gasteiger partial charge in [-0.3, -0.25) is 4.79 Å². The van der Waals surface area contributed by atoms with Crippen LogP contribution in [-0.2, 0) is 9.53 Å². The first-order chi connectivity index (χ1) is 11.5. The van der Waals surface area contributed by atoms with Crippen molar-refractivity contribution in [3.05, 3.63) is 29.8 Å². The highest BCUT2D eigenvalue weighted by molar-refractivity contribution is 5.96. The summed E-state index contributed by atoms with van der Waals surface area (Å²) in [6.07, 6.45) is -0.0464. The van der Waals surface area contributed by atoms with Crippen LogP contribution in [0.25, 0.3) is 0 Å². The first-order valence-electron chi connectivity index (χ1n) is 8.58. The Labute approximate surface area is 149 Å². The van der Waals surface area contributed by atoms with Gasteiger partial charge in [-0.1, -0.05) is 18.2 Å². The van der Waals surface area contributed by atoms with Crippen molar-refractivity contribution in [2.75, 3.05) is 18.5 Å². The Morgan fingerprint density at radius 3 is 2.52 bits per heavy atom. The molecule has 0 aliphatic carbocycles. The third kappa shape index (κ3) is 5.19. The second-order valence-corrected chi connectivity index (χ2v) is 8.16. The van der Waals surface area contributed by atoms with Crippen LogP contribution in [0, 0.1) is 0 Å². The predicted octanol–water partition coefficient (Wildman–Crippen LogP) is 2.99. The quantitative estimate of drug-likeness (QED) is 0.878. The molecule has 1 atom stereocenters. The summed E-state index contributed by atoms with van der Waals surface area (Å²) in [7, 11) is 1.80. The zero-order valence-corrected chi connectivity index (χ0v) is 16.0. The third-order valence-corrected chi connectivity index (χ3v) is 4.06. The molecule has 1 aliphatic heterocycles. The number of benzene rings is 1. The number of para-hydroxylation sites is 1. The van der Waals surface area contributed by atoms with Gasteiger partial charge in [-0.25, -0.2) is 4.79 Å². The smallest absolute Gasteiger partial charge is 0.408 e. The number of ether oxygens (including phenoxy) is 1. The van der Waals surface area contributed by atoms with Crippen LogP contribution in [0.1, 0.15) is 52.6 Å². The largest absolute Gasteiger partial charge is 0.444 e. The minimum atomic E-state index is -0.535. The van der Waals surface area contributed by atoms with Crippen molar-refractivity contribution in [3.63, 3.8) is 0 Å². The van der Waals surface area contributed by atoms with Crippen molar-refractivity contribution in [2.45, 2.75) is 58.2 Å². The van der Waals surface area contributed by atoms with Crippen molar-refractivity contribution in [1.29, 1.82) is 0 Å². The SMILES string of the molecule is CN1C(=O)CC(NCC(C)(C)NC(=O)OC(C)(C)C)c2ccccc21. The molecule has 0 saturated carbocycles. The second kappa shape index (κ2) is 7.04. The van der Waals surface area contributed by atoms with Gasteiger partial charge in [0, 0.05) is 31.7 Å². The fraction of sp³-hybridized carbons (Fsp3) is 0.579. The summed E-state index contributed by atoms with van der Waals surface area (Å²) in [5, 5.41) is 6.30. The van der Waals surface area contributed by atoms with Crippen LogP contribution in [0.15, 0.2) is 24.3 Å². The minimum absolute atomic E-state index is 0.0698. The van der Waals surface area contributed by atoms with E-state index in [1.807, 2.05) is 58.9 Å². The summed E-state index contributed by atoms with van der Waals surface area (Å²) in [5.74, 6) is 0.0779. The van der Waals surface area contributed by atoms with Crippen LogP contribution in [0.5, 0.6) is 0 Å². The number of rotatable bonds is 4. The van der Waals surface area contributed by atoms with Crippen molar-refractivity contribution in [2.24, 2.45) is 0 Å². The van der Waals surface area contributed by atoms with E-state index in [2.05, 4.69) is 10.6 Å². The van der Waals surface area contributed by atoms with E-state index in [0.29, 0.717) is 13.0 Å². The summed E-state index contributed by atoms with van der Waals surface area (Å²) in [6.45, 7) is 9.86. The van der Waals surface area contributed by atoms with Crippen LogP contribution < -0.4 is 15.5 Å². The molecule has 1 aliphatic rings. The number of carbonyl (C=O) groups is 2. The zero-order chi connectivity index (χ0) is 18.8. The van der Waals surface area contributed by atoms with Crippen LogP contribution >= 0.6 is 0 Å². The van der Waals surface area contributed by atoms with Crippen molar-refractivity contribution >= 4 is 17.7 Å². The molecule has 25 heavy (non-hydrogen) atoms. The maximum absolute atomic E-state index is 12.2. The number of hydrogen-bond donors (Lipinski definition) is 2. The highest BCUT2D eigenvalue weighted by atomic mass is 16.6. The Kier molecular flexibility index (Phi) is 5.42. The first-order valence-corrected chi connectivity index (χ1v) is 8.58. The second-order valence-electron chi connectivity index (χ2n) is 8.16. The fourth-order valence-electron chi connectivity index (χ4n) is 2.83. The van der Waals surface area contributed by atoms with Gasteiger partial charge in [0.05, 0.1) is 5.54 Å². The van der Waals surface area contributed by atoms with Crippen molar-refractivity contribution in [3.8, 4) is 0 Å². The standard InChI is InChI=1S/C19H29N3O3/c1-18(2,3)25-17(24)21-19(4,5)12-20-14-11-16(23)22(6)15-10-8-7-9-13(14)15/h7-10,14,20H,11-12H2,1-6H3,(H,21,24). The topological polar surface area (TPSA) is 70.7 Å². The maximum atomic E-state index is 12.2. The van der Waals surface area contributed by atoms with Gasteiger partial charge in [-0.2, -0.15) is 0 Å². The number of anilines is 1. The van der Waals surface area contributed by atoms with Gasteiger partial charge in [0.25, 0.3) is 0 Å². The molecule has 0 spiro atoms. The average molecular weight is 347 g/mol. The molecule has 0 radical (unpaired) electrons. The molecule has 1 heterocycles. The average Bonchev–Trinajstić information content (AvgIpc) is 2.47. The lowest BCUT2D eigenvalue weighted by atomic mass is 9.95. The van der Waals surface area contributed by atoms with E-state index in [4.69, 9.17) is 4.74 Å². The molecule has 0 saturated heterocycles. The van der Waals surface area contributed by atoms with Gasteiger partial charge in [0.15, 0.2) is 0 Å². The summed E-state index contributed by atoms with van der Waals surface area (Å²) in [6, 6.07) is 7.81. The number of nitrogens with zero attached hydrogens (tertiary/aromatic N) is 1. The molecule has 1 aromatic carbocycles. The van der Waals surface area contributed by atoms with Gasteiger partial charge < -0.3 is 20.3 Å². The van der Waals surface area contributed by atoms with Crippen LogP contribution in [0.2, 0.25) is 0 Å². The lowest BCUT2D eigenvalue weighted by Gasteiger charge is -2.35. The molecule has 2 amide bonds. The number of carbonyl (C=O) groups excluding carboxylic acids is 2. The molecule has 2 N–H and O–H groups in total. The summed E-state index contributed by atoms with van der Waals surface area (Å²) in [5.41, 5.74) is 0.975. The first kappa shape index (κ1) is 19.2. The molecule has 0 aromatic heterocycles. The van der Waals surface area contributed by atoms with Crippen molar-refractivity contribution < 1.29 is 14.3 Å². The van der Waals surface area contributed by atoms with E-state index >= 15 is 0 Å². The Hall–Kier alpha value is -2.08. The molecule has 6 nitrogen and oxygen atoms in total. The minimum Gasteiger partial charge on any atom is -0.444 e. The maximum Gasteiger partial charge on any atom is 0.408 e. The molecule has 1 unspecified atom stereocenters. The molecular weight excluding hydrogens is 318 g/mol. The lowest BCUT2D eigenvalue weighted by molar-refractivity contribution is -0.119. The molecule has 138 valence electrons. The van der Waals surface area contributed by atoms with Crippen molar-refractivity contribution in [1.82, 2.24) is 10.6 Å². The van der Waals surface area contributed by atoms with Gasteiger partial charge in [0.2, 0.25) is 5.91 Å². The van der Waals surface area contributed by atoms with E-state index in [1.54, 1.807) is 11.9 Å². The Bertz CT molecular complexity index is 650. The van der Waals surface area contributed by atoms with Crippen LogP contribution in [0.3, 0.4) is 0 Å². The molecule has 0 fully saturated rings. The normalized spacial score (nSPS) is 17.9. The van der Waals surface area contributed by atoms with Gasteiger partial charge in [-0.15, -0.1) is 0 Å². The van der Waals surface area contributed by atoms with E-state index < -0.39 is 17.2 Å². The number of hydrogen-bond acceptors (Lipinski definition) is 4. The highest BCUT2D eigenvalue weighted by Gasteiger charge is 2.31. The van der Waals surface area contributed by atoms with Gasteiger partial charge in [0.1, 0.15) is 5.60 Å². The molecular formula is C19H29N3O3. The highest BCUT2D eigenvalue weighted by Crippen LogP contribution is 2.33. The van der Waals surface area contributed by atoms with Gasteiger partial charge >= 0.3 is 6.09 Å². The Morgan fingerprint density at radius 1 is 1.24 bits per heavy atom. The summed E-state index contributed by atoms with van der Waals surface area (Å²) >= 11 is 0. The predicted molar refractivity (Wildman–Crippen MR) is 98.7 cm³/mol. The van der Waals surface area contributed by atoms with E-state index in [1.165, 1.54) is 0 Å². The monoisotopic (exact) mass is 347 g/mol. The fourth-order valence-corrected chi connectivity index (χ4v) is 2.83. The molecule has 0 bridgehead atoms. The number of alkyl carbamates (subject to hydrolysis) is 1. The van der Waals surface area contributed by atoms with E-state index in [0.717, 1.165) is 11.3 Å². The summed E-state index contributed by atoms with van der Waals surface area (Å²) < 4.78 is 5.31. The number of amides is 2. The molecule has 1 aromatic rings. The van der Waals surface area contributed by atoms with Crippen LogP contribution in [0.4, 0.5) is 10.5 Å². The summed E-state index contributed by atoms with van der Waals surface area (Å²) in [4.78, 5) is 25.9. The third-order valence-electron chi connectivity index (χ3n) is 4.06. The number of fused-ring (bicyclic) bond motifs is 1. The molecule has 2 rings (SSSR count). The Morgan fingerprint density at radius 2 is 1.88 bits per heavy atom. The lowest BCUT2D eigenvalue weighted by Crippen LogP contribution is -2.52. The van der Waals surface area contributed by atoms with Crippen LogP contribution in [-0.4, -0.2) is 36.7 Å². The van der Waals surface area contributed by atoms with E-state index in [9.17, 15) is 9.59 Å². The zero-order valence-electron chi connectivity index (χ0n) is 16.0. The van der Waals surface area contributed by atoms with E-state index in [-0.39, 0.29) is 11.9 Å². The Balaban J connectivity index is 2.01.